The molecule has 0 saturated carbocycles. The summed E-state index contributed by atoms with van der Waals surface area (Å²) in [5.74, 6) is 1.24. The van der Waals surface area contributed by atoms with Crippen molar-refractivity contribution < 1.29 is 4.74 Å². The van der Waals surface area contributed by atoms with E-state index in [-0.39, 0.29) is 5.56 Å². The van der Waals surface area contributed by atoms with Gasteiger partial charge >= 0.3 is 0 Å². The number of ether oxygens (including phenoxy) is 1. The fourth-order valence-corrected chi connectivity index (χ4v) is 3.09. The summed E-state index contributed by atoms with van der Waals surface area (Å²) in [6, 6.07) is 1.96. The molecule has 0 aliphatic carbocycles. The molecule has 0 spiro atoms. The second-order valence-corrected chi connectivity index (χ2v) is 6.16. The molecule has 8 nitrogen and oxygen atoms in total. The van der Waals surface area contributed by atoms with Crippen LogP contribution >= 0.6 is 0 Å². The molecule has 0 fully saturated rings. The molecular weight excluding hydrogens is 332 g/mol. The van der Waals surface area contributed by atoms with E-state index in [4.69, 9.17) is 4.74 Å². The van der Waals surface area contributed by atoms with Crippen molar-refractivity contribution in [2.45, 2.75) is 19.5 Å². The molecule has 1 aliphatic rings. The van der Waals surface area contributed by atoms with Crippen LogP contribution in [0.2, 0.25) is 0 Å². The van der Waals surface area contributed by atoms with Crippen LogP contribution in [0.25, 0.3) is 11.4 Å². The van der Waals surface area contributed by atoms with Crippen molar-refractivity contribution in [2.75, 3.05) is 13.7 Å². The lowest BCUT2D eigenvalue weighted by atomic mass is 10.1. The fourth-order valence-electron chi connectivity index (χ4n) is 3.09. The number of fused-ring (bicyclic) bond motifs is 1. The Kier molecular flexibility index (Phi) is 4.40. The smallest absolute Gasteiger partial charge is 0.255 e. The first-order valence-electron chi connectivity index (χ1n) is 8.30. The minimum absolute atomic E-state index is 0.109. The number of nitrogens with one attached hydrogen (secondary N) is 1. The largest absolute Gasteiger partial charge is 0.495 e. The van der Waals surface area contributed by atoms with Crippen LogP contribution in [0, 0.1) is 0 Å². The van der Waals surface area contributed by atoms with Gasteiger partial charge in [-0.3, -0.25) is 14.7 Å². The lowest BCUT2D eigenvalue weighted by Crippen LogP contribution is -2.35. The zero-order valence-electron chi connectivity index (χ0n) is 14.3. The van der Waals surface area contributed by atoms with Crippen LogP contribution < -0.4 is 10.3 Å². The number of pyridine rings is 1. The first-order valence-corrected chi connectivity index (χ1v) is 8.30. The number of hydrogen-bond acceptors (Lipinski definition) is 7. The molecule has 0 amide bonds. The standard InChI is InChI=1S/C18H18N6O2/c1-26-14-4-12(5-19-8-14)9-24-3-2-16-15(10-24)18(25)23-17(22-16)13-6-20-11-21-7-13/h4-8,11H,2-3,9-10H2,1H3,(H,22,23,25). The summed E-state index contributed by atoms with van der Waals surface area (Å²) in [5, 5.41) is 0. The molecule has 0 bridgehead atoms. The second-order valence-electron chi connectivity index (χ2n) is 6.16. The minimum atomic E-state index is -0.109. The Balaban J connectivity index is 1.56. The van der Waals surface area contributed by atoms with E-state index in [2.05, 4.69) is 29.8 Å². The van der Waals surface area contributed by atoms with E-state index in [0.717, 1.165) is 30.0 Å². The fraction of sp³-hybridized carbons (Fsp3) is 0.278. The number of hydrogen-bond donors (Lipinski definition) is 1. The van der Waals surface area contributed by atoms with Gasteiger partial charge in [-0.15, -0.1) is 0 Å². The minimum Gasteiger partial charge on any atom is -0.495 e. The molecule has 0 aromatic carbocycles. The van der Waals surface area contributed by atoms with E-state index in [9.17, 15) is 4.79 Å². The Labute approximate surface area is 149 Å². The predicted molar refractivity (Wildman–Crippen MR) is 94.5 cm³/mol. The molecule has 3 aromatic heterocycles. The van der Waals surface area contributed by atoms with Crippen LogP contribution in [0.15, 0.2) is 42.0 Å². The third kappa shape index (κ3) is 3.31. The van der Waals surface area contributed by atoms with Gasteiger partial charge in [0.2, 0.25) is 0 Å². The van der Waals surface area contributed by atoms with E-state index in [1.807, 2.05) is 12.3 Å². The van der Waals surface area contributed by atoms with E-state index in [0.29, 0.717) is 30.0 Å². The molecule has 3 aromatic rings. The van der Waals surface area contributed by atoms with Crippen LogP contribution in [-0.2, 0) is 19.5 Å². The zero-order valence-corrected chi connectivity index (χ0v) is 14.3. The normalized spacial score (nSPS) is 14.0. The highest BCUT2D eigenvalue weighted by molar-refractivity contribution is 5.52. The molecule has 4 heterocycles. The summed E-state index contributed by atoms with van der Waals surface area (Å²) >= 11 is 0. The topological polar surface area (TPSA) is 96.9 Å². The average molecular weight is 350 g/mol. The Hall–Kier alpha value is -3.13. The van der Waals surface area contributed by atoms with Crippen molar-refractivity contribution >= 4 is 0 Å². The summed E-state index contributed by atoms with van der Waals surface area (Å²) in [7, 11) is 1.62. The van der Waals surface area contributed by atoms with Gasteiger partial charge in [0, 0.05) is 44.6 Å². The molecule has 1 aliphatic heterocycles. The number of aromatic nitrogens is 5. The van der Waals surface area contributed by atoms with Gasteiger partial charge < -0.3 is 9.72 Å². The van der Waals surface area contributed by atoms with Crippen LogP contribution in [0.3, 0.4) is 0 Å². The number of nitrogens with zero attached hydrogens (tertiary/aromatic N) is 5. The van der Waals surface area contributed by atoms with Gasteiger partial charge in [-0.1, -0.05) is 0 Å². The monoisotopic (exact) mass is 350 g/mol. The highest BCUT2D eigenvalue weighted by Gasteiger charge is 2.21. The van der Waals surface area contributed by atoms with Gasteiger partial charge in [0.15, 0.2) is 0 Å². The van der Waals surface area contributed by atoms with Crippen molar-refractivity contribution in [3.63, 3.8) is 0 Å². The Morgan fingerprint density at radius 2 is 2.04 bits per heavy atom. The maximum atomic E-state index is 12.6. The van der Waals surface area contributed by atoms with E-state index in [1.165, 1.54) is 6.33 Å². The molecule has 1 N–H and O–H groups in total. The van der Waals surface area contributed by atoms with Gasteiger partial charge in [0.05, 0.1) is 30.1 Å². The highest BCUT2D eigenvalue weighted by atomic mass is 16.5. The quantitative estimate of drug-likeness (QED) is 0.755. The van der Waals surface area contributed by atoms with Crippen LogP contribution in [0.4, 0.5) is 0 Å². The van der Waals surface area contributed by atoms with Gasteiger partial charge in [-0.2, -0.15) is 0 Å². The lowest BCUT2D eigenvalue weighted by Gasteiger charge is -2.27. The molecule has 0 radical (unpaired) electrons. The number of methoxy groups -OCH3 is 1. The van der Waals surface area contributed by atoms with E-state index in [1.54, 1.807) is 25.7 Å². The first kappa shape index (κ1) is 16.3. The summed E-state index contributed by atoms with van der Waals surface area (Å²) in [6.07, 6.45) is 8.95. The van der Waals surface area contributed by atoms with Crippen molar-refractivity contribution in [3.8, 4) is 17.1 Å². The number of rotatable bonds is 4. The Morgan fingerprint density at radius 3 is 2.85 bits per heavy atom. The summed E-state index contributed by atoms with van der Waals surface area (Å²) < 4.78 is 5.22. The van der Waals surface area contributed by atoms with Crippen LogP contribution in [0.5, 0.6) is 5.75 Å². The molecule has 0 unspecified atom stereocenters. The Bertz CT molecular complexity index is 973. The molecular formula is C18H18N6O2. The van der Waals surface area contributed by atoms with E-state index >= 15 is 0 Å². The number of aromatic amines is 1. The van der Waals surface area contributed by atoms with Crippen molar-refractivity contribution in [3.05, 3.63) is 64.4 Å². The predicted octanol–water partition coefficient (Wildman–Crippen LogP) is 1.19. The third-order valence-electron chi connectivity index (χ3n) is 4.39. The summed E-state index contributed by atoms with van der Waals surface area (Å²) in [6.45, 7) is 2.09. The average Bonchev–Trinajstić information content (AvgIpc) is 2.69. The Morgan fingerprint density at radius 1 is 1.19 bits per heavy atom. The van der Waals surface area contributed by atoms with Crippen LogP contribution in [-0.4, -0.2) is 43.5 Å². The van der Waals surface area contributed by atoms with Crippen molar-refractivity contribution in [2.24, 2.45) is 0 Å². The molecule has 26 heavy (non-hydrogen) atoms. The number of H-pyrrole nitrogens is 1. The van der Waals surface area contributed by atoms with Crippen molar-refractivity contribution in [1.29, 1.82) is 0 Å². The lowest BCUT2D eigenvalue weighted by molar-refractivity contribution is 0.241. The maximum Gasteiger partial charge on any atom is 0.255 e. The van der Waals surface area contributed by atoms with Gasteiger partial charge in [-0.25, -0.2) is 15.0 Å². The first-order chi connectivity index (χ1) is 12.7. The van der Waals surface area contributed by atoms with Crippen LogP contribution in [0.1, 0.15) is 16.8 Å². The van der Waals surface area contributed by atoms with Crippen molar-refractivity contribution in [1.82, 2.24) is 29.8 Å². The summed E-state index contributed by atoms with van der Waals surface area (Å²) in [4.78, 5) is 34.4. The van der Waals surface area contributed by atoms with E-state index < -0.39 is 0 Å². The molecule has 0 atom stereocenters. The zero-order chi connectivity index (χ0) is 17.9. The highest BCUT2D eigenvalue weighted by Crippen LogP contribution is 2.20. The molecule has 132 valence electrons. The van der Waals surface area contributed by atoms with Gasteiger partial charge in [0.25, 0.3) is 5.56 Å². The van der Waals surface area contributed by atoms with Gasteiger partial charge in [0.1, 0.15) is 17.9 Å². The summed E-state index contributed by atoms with van der Waals surface area (Å²) in [5.41, 5.74) is 3.20. The van der Waals surface area contributed by atoms with Gasteiger partial charge in [-0.05, 0) is 11.6 Å². The maximum absolute atomic E-state index is 12.6. The molecule has 4 rings (SSSR count). The SMILES string of the molecule is COc1cncc(CN2CCc3nc(-c4cncnc4)[nH]c(=O)c3C2)c1. The third-order valence-corrected chi connectivity index (χ3v) is 4.39. The molecule has 0 saturated heterocycles. The molecule has 8 heteroatoms. The second kappa shape index (κ2) is 7.01.